The van der Waals surface area contributed by atoms with Crippen molar-refractivity contribution in [1.82, 2.24) is 19.5 Å². The Labute approximate surface area is 369 Å². The molecule has 0 spiro atoms. The SMILES string of the molecule is c1ccc(-n2c3ccccc3c3ccc(-c4nc(-c5ccc6oc7ccccc7c6c5)nc(N(c5ccc6c(c5)oc5ccccc56)c5cccc6oc7ccccc7c56)n4)cc32)cc1. The number of anilines is 3. The number of fused-ring (bicyclic) bond motifs is 12. The average molecular weight is 836 g/mol. The molecule has 0 bridgehead atoms. The molecule has 0 N–H and O–H groups in total. The van der Waals surface area contributed by atoms with Gasteiger partial charge in [0.15, 0.2) is 11.6 Å². The molecule has 304 valence electrons. The highest BCUT2D eigenvalue weighted by molar-refractivity contribution is 6.14. The highest BCUT2D eigenvalue weighted by atomic mass is 16.3. The van der Waals surface area contributed by atoms with Crippen molar-refractivity contribution in [1.29, 1.82) is 0 Å². The van der Waals surface area contributed by atoms with Gasteiger partial charge in [-0.3, -0.25) is 4.90 Å². The van der Waals surface area contributed by atoms with Crippen molar-refractivity contribution in [3.8, 4) is 28.5 Å². The molecule has 0 saturated heterocycles. The topological polar surface area (TPSA) is 86.3 Å². The average Bonchev–Trinajstić information content (AvgIpc) is 4.13. The van der Waals surface area contributed by atoms with Crippen molar-refractivity contribution in [3.05, 3.63) is 200 Å². The van der Waals surface area contributed by atoms with E-state index in [9.17, 15) is 0 Å². The highest BCUT2D eigenvalue weighted by Crippen LogP contribution is 2.44. The van der Waals surface area contributed by atoms with Crippen molar-refractivity contribution in [2.45, 2.75) is 0 Å². The molecular weight excluding hydrogens is 803 g/mol. The maximum atomic E-state index is 6.52. The van der Waals surface area contributed by atoms with Crippen molar-refractivity contribution in [2.75, 3.05) is 4.90 Å². The van der Waals surface area contributed by atoms with E-state index in [-0.39, 0.29) is 0 Å². The number of aromatic nitrogens is 4. The van der Waals surface area contributed by atoms with Crippen LogP contribution in [0.4, 0.5) is 17.3 Å². The molecule has 14 rings (SSSR count). The Bertz CT molecular complexity index is 4220. The fourth-order valence-electron chi connectivity index (χ4n) is 9.71. The van der Waals surface area contributed by atoms with Crippen LogP contribution in [0.2, 0.25) is 0 Å². The lowest BCUT2D eigenvalue weighted by Gasteiger charge is -2.24. The predicted octanol–water partition coefficient (Wildman–Crippen LogP) is 15.5. The molecule has 65 heavy (non-hydrogen) atoms. The highest BCUT2D eigenvalue weighted by Gasteiger charge is 2.25. The molecule has 9 aromatic carbocycles. The van der Waals surface area contributed by atoms with Gasteiger partial charge >= 0.3 is 0 Å². The molecule has 5 aromatic heterocycles. The van der Waals surface area contributed by atoms with E-state index in [2.05, 4.69) is 125 Å². The molecule has 8 nitrogen and oxygen atoms in total. The van der Waals surface area contributed by atoms with Crippen LogP contribution in [0.15, 0.2) is 213 Å². The van der Waals surface area contributed by atoms with Gasteiger partial charge in [0.05, 0.1) is 27.8 Å². The van der Waals surface area contributed by atoms with Gasteiger partial charge in [-0.2, -0.15) is 9.97 Å². The van der Waals surface area contributed by atoms with Crippen LogP contribution in [0.1, 0.15) is 0 Å². The lowest BCUT2D eigenvalue weighted by molar-refractivity contribution is 0.668. The van der Waals surface area contributed by atoms with Crippen molar-refractivity contribution in [3.63, 3.8) is 0 Å². The fraction of sp³-hybridized carbons (Fsp3) is 0. The minimum Gasteiger partial charge on any atom is -0.456 e. The van der Waals surface area contributed by atoms with Crippen molar-refractivity contribution >= 4 is 105 Å². The van der Waals surface area contributed by atoms with E-state index in [1.165, 1.54) is 5.39 Å². The Morgan fingerprint density at radius 3 is 1.71 bits per heavy atom. The Kier molecular flexibility index (Phi) is 7.52. The molecule has 14 aromatic rings. The quantitative estimate of drug-likeness (QED) is 0.165. The number of para-hydroxylation sites is 5. The van der Waals surface area contributed by atoms with Crippen molar-refractivity contribution in [2.24, 2.45) is 0 Å². The van der Waals surface area contributed by atoms with Gasteiger partial charge in [0.2, 0.25) is 5.95 Å². The van der Waals surface area contributed by atoms with Crippen LogP contribution in [-0.2, 0) is 0 Å². The maximum absolute atomic E-state index is 6.52. The van der Waals surface area contributed by atoms with E-state index in [0.717, 1.165) is 110 Å². The molecule has 0 aliphatic carbocycles. The molecule has 0 atom stereocenters. The number of hydrogen-bond donors (Lipinski definition) is 0. The first-order valence-corrected chi connectivity index (χ1v) is 21.6. The minimum absolute atomic E-state index is 0.430. The van der Waals surface area contributed by atoms with E-state index in [1.54, 1.807) is 0 Å². The first-order valence-electron chi connectivity index (χ1n) is 21.6. The van der Waals surface area contributed by atoms with Crippen LogP contribution in [0, 0.1) is 0 Å². The molecule has 0 saturated carbocycles. The molecule has 0 aliphatic heterocycles. The number of nitrogens with zero attached hydrogens (tertiary/aromatic N) is 5. The molecule has 0 unspecified atom stereocenters. The van der Waals surface area contributed by atoms with Gasteiger partial charge < -0.3 is 17.8 Å². The molecule has 0 radical (unpaired) electrons. The summed E-state index contributed by atoms with van der Waals surface area (Å²) in [6, 6.07) is 68.5. The second-order valence-corrected chi connectivity index (χ2v) is 16.4. The van der Waals surface area contributed by atoms with E-state index >= 15 is 0 Å². The third-order valence-electron chi connectivity index (χ3n) is 12.6. The molecule has 0 amide bonds. The Hall–Kier alpha value is -9.01. The van der Waals surface area contributed by atoms with Gasteiger partial charge in [-0.15, -0.1) is 0 Å². The lowest BCUT2D eigenvalue weighted by Crippen LogP contribution is -2.15. The van der Waals surface area contributed by atoms with E-state index in [4.69, 9.17) is 28.2 Å². The number of benzene rings is 9. The summed E-state index contributed by atoms with van der Waals surface area (Å²) in [5, 5.41) is 8.32. The Balaban J connectivity index is 1.06. The normalized spacial score (nSPS) is 12.0. The number of rotatable bonds is 6. The van der Waals surface area contributed by atoms with Gasteiger partial charge in [0.25, 0.3) is 0 Å². The summed E-state index contributed by atoms with van der Waals surface area (Å²) in [5.74, 6) is 1.46. The molecule has 0 fully saturated rings. The predicted molar refractivity (Wildman–Crippen MR) is 262 cm³/mol. The van der Waals surface area contributed by atoms with Gasteiger partial charge in [-0.05, 0) is 84.9 Å². The van der Waals surface area contributed by atoms with Crippen LogP contribution < -0.4 is 4.90 Å². The van der Waals surface area contributed by atoms with Crippen LogP contribution >= 0.6 is 0 Å². The standard InChI is InChI=1S/C57H33N5O3/c1-2-13-36(14-3-1)61-45-19-8-4-15-38(45)39-28-25-35(32-47(39)61)56-58-55(34-26-30-51-44(31-34)41-17-6-10-22-49(41)63-51)59-57(60-56)62(37-27-29-42-40-16-5-9-21-48(40)65-53(42)33-37)46-20-12-24-52-54(46)43-18-7-11-23-50(43)64-52/h1-33H. The molecule has 8 heteroatoms. The van der Waals surface area contributed by atoms with Gasteiger partial charge in [-0.25, -0.2) is 4.98 Å². The first kappa shape index (κ1) is 35.6. The summed E-state index contributed by atoms with van der Waals surface area (Å²) >= 11 is 0. The third-order valence-corrected chi connectivity index (χ3v) is 12.6. The monoisotopic (exact) mass is 835 g/mol. The van der Waals surface area contributed by atoms with E-state index < -0.39 is 0 Å². The second-order valence-electron chi connectivity index (χ2n) is 16.4. The minimum atomic E-state index is 0.430. The lowest BCUT2D eigenvalue weighted by atomic mass is 10.1. The van der Waals surface area contributed by atoms with E-state index in [0.29, 0.717) is 17.6 Å². The zero-order chi connectivity index (χ0) is 42.6. The third kappa shape index (κ3) is 5.47. The Morgan fingerprint density at radius 2 is 0.908 bits per heavy atom. The Morgan fingerprint density at radius 1 is 0.354 bits per heavy atom. The summed E-state index contributed by atoms with van der Waals surface area (Å²) in [6.45, 7) is 0. The zero-order valence-electron chi connectivity index (χ0n) is 34.5. The molecule has 5 heterocycles. The second kappa shape index (κ2) is 13.7. The summed E-state index contributed by atoms with van der Waals surface area (Å²) in [7, 11) is 0. The van der Waals surface area contributed by atoms with Crippen LogP contribution in [0.25, 0.3) is 116 Å². The molecule has 0 aliphatic rings. The fourth-order valence-corrected chi connectivity index (χ4v) is 9.71. The van der Waals surface area contributed by atoms with Crippen LogP contribution in [0.5, 0.6) is 0 Å². The summed E-state index contributed by atoms with van der Waals surface area (Å²) in [4.78, 5) is 18.3. The number of hydrogen-bond acceptors (Lipinski definition) is 7. The smallest absolute Gasteiger partial charge is 0.238 e. The largest absolute Gasteiger partial charge is 0.456 e. The van der Waals surface area contributed by atoms with E-state index in [1.807, 2.05) is 84.9 Å². The zero-order valence-corrected chi connectivity index (χ0v) is 34.5. The first-order chi connectivity index (χ1) is 32.2. The van der Waals surface area contributed by atoms with Crippen LogP contribution in [0.3, 0.4) is 0 Å². The van der Waals surface area contributed by atoms with Gasteiger partial charge in [0, 0.05) is 60.6 Å². The van der Waals surface area contributed by atoms with Crippen LogP contribution in [-0.4, -0.2) is 19.5 Å². The molecular formula is C57H33N5O3. The summed E-state index contributed by atoms with van der Waals surface area (Å²) < 4.78 is 21.6. The summed E-state index contributed by atoms with van der Waals surface area (Å²) in [6.07, 6.45) is 0. The van der Waals surface area contributed by atoms with Gasteiger partial charge in [0.1, 0.15) is 33.5 Å². The number of furan rings is 3. The van der Waals surface area contributed by atoms with Gasteiger partial charge in [-0.1, -0.05) is 109 Å². The maximum Gasteiger partial charge on any atom is 0.238 e. The summed E-state index contributed by atoms with van der Waals surface area (Å²) in [5.41, 5.74) is 11.3. The van der Waals surface area contributed by atoms with Crippen molar-refractivity contribution < 1.29 is 13.3 Å².